The van der Waals surface area contributed by atoms with Crippen molar-refractivity contribution in [2.45, 2.75) is 0 Å². The molecule has 2 aliphatic rings. The number of carboxylic acid groups (broad SMARTS) is 1. The fraction of sp³-hybridized carbons (Fsp3) is 0. The Balaban J connectivity index is 1.51. The topological polar surface area (TPSA) is 114 Å². The van der Waals surface area contributed by atoms with E-state index >= 15 is 0 Å². The van der Waals surface area contributed by atoms with Gasteiger partial charge in [0.15, 0.2) is 5.43 Å². The van der Waals surface area contributed by atoms with Crippen molar-refractivity contribution >= 4 is 66.1 Å². The Hall–Kier alpha value is -4.86. The monoisotopic (exact) mass is 548 g/mol. The zero-order chi connectivity index (χ0) is 26.7. The van der Waals surface area contributed by atoms with E-state index in [2.05, 4.69) is 9.97 Å². The molecule has 1 aliphatic heterocycles. The molecule has 0 spiro atoms. The van der Waals surface area contributed by atoms with Crippen LogP contribution in [0.25, 0.3) is 69.9 Å². The maximum absolute atomic E-state index is 13.2. The zero-order valence-electron chi connectivity index (χ0n) is 19.9. The molecular formula is C30H16N2O5S2. The van der Waals surface area contributed by atoms with E-state index in [1.807, 2.05) is 48.5 Å². The van der Waals surface area contributed by atoms with Gasteiger partial charge in [0.05, 0.1) is 31.6 Å². The summed E-state index contributed by atoms with van der Waals surface area (Å²) in [6.45, 7) is 0. The maximum atomic E-state index is 13.2. The SMILES string of the molecule is O=C(O)/C=C\c1c2cc(-c3nc4ccccc4s3)c(=O)cc-2oc2cc(O)c(-c3nc4ccccc4s3)cc12. The van der Waals surface area contributed by atoms with Gasteiger partial charge >= 0.3 is 5.97 Å². The normalized spacial score (nSPS) is 11.9. The lowest BCUT2D eigenvalue weighted by molar-refractivity contribution is -0.131. The largest absolute Gasteiger partial charge is 0.507 e. The number of para-hydroxylation sites is 2. The van der Waals surface area contributed by atoms with Crippen molar-refractivity contribution in [3.05, 3.63) is 94.7 Å². The highest BCUT2D eigenvalue weighted by Crippen LogP contribution is 2.42. The van der Waals surface area contributed by atoms with Crippen LogP contribution in [-0.2, 0) is 4.79 Å². The Morgan fingerprint density at radius 1 is 0.821 bits per heavy atom. The highest BCUT2D eigenvalue weighted by molar-refractivity contribution is 7.22. The molecule has 0 saturated heterocycles. The van der Waals surface area contributed by atoms with E-state index in [1.165, 1.54) is 40.9 Å². The van der Waals surface area contributed by atoms with E-state index in [1.54, 1.807) is 12.1 Å². The minimum atomic E-state index is -1.12. The lowest BCUT2D eigenvalue weighted by Gasteiger charge is -2.14. The van der Waals surface area contributed by atoms with Crippen molar-refractivity contribution in [2.24, 2.45) is 0 Å². The van der Waals surface area contributed by atoms with Crippen molar-refractivity contribution in [3.63, 3.8) is 0 Å². The number of aliphatic carboxylic acids is 1. The van der Waals surface area contributed by atoms with Crippen LogP contribution in [0, 0.1) is 0 Å². The number of aromatic hydroxyl groups is 1. The van der Waals surface area contributed by atoms with Crippen LogP contribution in [0.2, 0.25) is 0 Å². The third-order valence-electron chi connectivity index (χ3n) is 6.42. The second-order valence-corrected chi connectivity index (χ2v) is 10.9. The van der Waals surface area contributed by atoms with Crippen molar-refractivity contribution in [1.29, 1.82) is 0 Å². The number of hydrogen-bond donors (Lipinski definition) is 2. The Morgan fingerprint density at radius 3 is 2.10 bits per heavy atom. The highest BCUT2D eigenvalue weighted by atomic mass is 32.1. The van der Waals surface area contributed by atoms with Crippen LogP contribution in [-0.4, -0.2) is 26.2 Å². The molecule has 5 aromatic rings. The van der Waals surface area contributed by atoms with Gasteiger partial charge in [-0.1, -0.05) is 24.3 Å². The number of hydrogen-bond acceptors (Lipinski definition) is 8. The lowest BCUT2D eigenvalue weighted by Crippen LogP contribution is -2.05. The Morgan fingerprint density at radius 2 is 1.46 bits per heavy atom. The standard InChI is InChI=1S/C30H16N2O5S2/c33-22-13-24-16(11-18(22)29-31-20-5-1-3-7-26(20)38-29)15(9-10-28(35)36)17-12-19(23(34)14-25(17)37-24)30-32-21-6-2-4-8-27(21)39-30/h1-14,33H,(H,35,36)/b10-9-. The summed E-state index contributed by atoms with van der Waals surface area (Å²) in [5, 5.41) is 22.1. The van der Waals surface area contributed by atoms with Crippen molar-refractivity contribution in [3.8, 4) is 38.2 Å². The van der Waals surface area contributed by atoms with E-state index in [9.17, 15) is 19.8 Å². The van der Waals surface area contributed by atoms with Crippen molar-refractivity contribution in [2.75, 3.05) is 0 Å². The summed E-state index contributed by atoms with van der Waals surface area (Å²) in [7, 11) is 0. The minimum absolute atomic E-state index is 0.0359. The summed E-state index contributed by atoms with van der Waals surface area (Å²) in [6.07, 6.45) is 2.52. The predicted octanol–water partition coefficient (Wildman–Crippen LogP) is 7.25. The number of thiazole rings is 2. The van der Waals surface area contributed by atoms with E-state index in [-0.39, 0.29) is 16.9 Å². The smallest absolute Gasteiger partial charge is 0.328 e. The van der Waals surface area contributed by atoms with Crippen LogP contribution >= 0.6 is 22.7 Å². The first kappa shape index (κ1) is 23.3. The Labute approximate surface area is 227 Å². The fourth-order valence-corrected chi connectivity index (χ4v) is 6.61. The molecule has 0 atom stereocenters. The average Bonchev–Trinajstić information content (AvgIpc) is 3.54. The number of carboxylic acids is 1. The highest BCUT2D eigenvalue weighted by Gasteiger charge is 2.21. The van der Waals surface area contributed by atoms with Gasteiger partial charge in [0.1, 0.15) is 27.1 Å². The summed E-state index contributed by atoms with van der Waals surface area (Å²) in [5.41, 5.74) is 3.63. The number of nitrogens with zero attached hydrogens (tertiary/aromatic N) is 2. The molecule has 39 heavy (non-hydrogen) atoms. The third kappa shape index (κ3) is 3.96. The van der Waals surface area contributed by atoms with Crippen LogP contribution in [0.3, 0.4) is 0 Å². The molecule has 0 amide bonds. The Bertz CT molecular complexity index is 2090. The molecule has 3 heterocycles. The molecule has 3 aromatic carbocycles. The molecule has 9 heteroatoms. The summed E-state index contributed by atoms with van der Waals surface area (Å²) in [6, 6.07) is 21.6. The van der Waals surface area contributed by atoms with E-state index < -0.39 is 5.97 Å². The van der Waals surface area contributed by atoms with Gasteiger partial charge in [0.25, 0.3) is 0 Å². The Kier molecular flexibility index (Phi) is 5.29. The molecule has 0 fully saturated rings. The quantitative estimate of drug-likeness (QED) is 0.176. The summed E-state index contributed by atoms with van der Waals surface area (Å²) >= 11 is 2.85. The molecule has 2 aromatic heterocycles. The van der Waals surface area contributed by atoms with Crippen LogP contribution in [0.1, 0.15) is 5.56 Å². The van der Waals surface area contributed by atoms with Gasteiger partial charge in [-0.2, -0.15) is 0 Å². The van der Waals surface area contributed by atoms with Gasteiger partial charge < -0.3 is 14.6 Å². The summed E-state index contributed by atoms with van der Waals surface area (Å²) in [5.74, 6) is -0.880. The number of carbonyl (C=O) groups is 1. The number of aromatic nitrogens is 2. The summed E-state index contributed by atoms with van der Waals surface area (Å²) in [4.78, 5) is 34.0. The molecule has 0 saturated carbocycles. The van der Waals surface area contributed by atoms with Gasteiger partial charge in [-0.15, -0.1) is 22.7 Å². The van der Waals surface area contributed by atoms with Crippen LogP contribution in [0.4, 0.5) is 0 Å². The molecule has 0 radical (unpaired) electrons. The second-order valence-electron chi connectivity index (χ2n) is 8.87. The van der Waals surface area contributed by atoms with Gasteiger partial charge in [0, 0.05) is 29.2 Å². The van der Waals surface area contributed by atoms with E-state index in [0.717, 1.165) is 26.5 Å². The molecule has 7 rings (SSSR count). The van der Waals surface area contributed by atoms with Crippen LogP contribution < -0.4 is 5.43 Å². The van der Waals surface area contributed by atoms with Gasteiger partial charge in [-0.3, -0.25) is 4.79 Å². The number of rotatable bonds is 4. The average molecular weight is 549 g/mol. The van der Waals surface area contributed by atoms with Crippen molar-refractivity contribution < 1.29 is 19.4 Å². The lowest BCUT2D eigenvalue weighted by atomic mass is 9.96. The number of fused-ring (bicyclic) bond motifs is 4. The summed E-state index contributed by atoms with van der Waals surface area (Å²) < 4.78 is 8.01. The molecule has 188 valence electrons. The third-order valence-corrected chi connectivity index (χ3v) is 8.56. The first-order valence-corrected chi connectivity index (χ1v) is 13.5. The minimum Gasteiger partial charge on any atom is -0.507 e. The first-order valence-electron chi connectivity index (χ1n) is 11.8. The van der Waals surface area contributed by atoms with Gasteiger partial charge in [0.2, 0.25) is 0 Å². The molecule has 0 unspecified atom stereocenters. The zero-order valence-corrected chi connectivity index (χ0v) is 21.5. The number of phenolic OH excluding ortho intramolecular Hbond substituents is 1. The number of benzene rings is 4. The van der Waals surface area contributed by atoms with Gasteiger partial charge in [-0.05, 0) is 48.0 Å². The molecular weight excluding hydrogens is 532 g/mol. The molecule has 0 bridgehead atoms. The molecule has 1 aliphatic carbocycles. The fourth-order valence-electron chi connectivity index (χ4n) is 4.63. The number of phenols is 1. The van der Waals surface area contributed by atoms with Crippen molar-refractivity contribution in [1.82, 2.24) is 9.97 Å². The maximum Gasteiger partial charge on any atom is 0.328 e. The molecule has 7 nitrogen and oxygen atoms in total. The predicted molar refractivity (Wildman–Crippen MR) is 155 cm³/mol. The first-order chi connectivity index (χ1) is 18.9. The molecule has 2 N–H and O–H groups in total. The van der Waals surface area contributed by atoms with Crippen LogP contribution in [0.15, 0.2) is 88.1 Å². The van der Waals surface area contributed by atoms with Gasteiger partial charge in [-0.25, -0.2) is 14.8 Å². The van der Waals surface area contributed by atoms with E-state index in [0.29, 0.717) is 43.2 Å². The second kappa shape index (κ2) is 8.87. The van der Waals surface area contributed by atoms with E-state index in [4.69, 9.17) is 4.42 Å². The van der Waals surface area contributed by atoms with Crippen LogP contribution in [0.5, 0.6) is 5.75 Å².